The lowest BCUT2D eigenvalue weighted by Crippen LogP contribution is -2.14. The molecule has 0 N–H and O–H groups in total. The van der Waals surface area contributed by atoms with Crippen molar-refractivity contribution in [1.82, 2.24) is 0 Å². The number of hydrogen-bond donors (Lipinski definition) is 0. The number of ether oxygens (including phenoxy) is 1. The van der Waals surface area contributed by atoms with Crippen molar-refractivity contribution >= 4 is 15.5 Å². The second kappa shape index (κ2) is 6.96. The molecule has 0 saturated heterocycles. The van der Waals surface area contributed by atoms with E-state index in [1.807, 2.05) is 0 Å². The van der Waals surface area contributed by atoms with Crippen molar-refractivity contribution in [1.29, 1.82) is 10.5 Å². The van der Waals surface area contributed by atoms with Crippen LogP contribution in [0.2, 0.25) is 0 Å². The van der Waals surface area contributed by atoms with Gasteiger partial charge in [-0.3, -0.25) is 0 Å². The summed E-state index contributed by atoms with van der Waals surface area (Å²) in [5, 5.41) is 18.4. The van der Waals surface area contributed by atoms with Crippen LogP contribution in [0.3, 0.4) is 0 Å². The zero-order chi connectivity index (χ0) is 18.6. The van der Waals surface area contributed by atoms with Gasteiger partial charge in [-0.25, -0.2) is 13.3 Å². The fraction of sp³-hybridized carbons (Fsp3) is 0.0625. The van der Waals surface area contributed by atoms with Crippen LogP contribution in [0.4, 0.5) is 14.5 Å². The van der Waals surface area contributed by atoms with Gasteiger partial charge in [-0.2, -0.15) is 19.3 Å². The maximum absolute atomic E-state index is 12.7. The third kappa shape index (κ3) is 3.40. The van der Waals surface area contributed by atoms with E-state index in [0.29, 0.717) is 0 Å². The molecular weight excluding hydrogens is 352 g/mol. The Bertz CT molecular complexity index is 1060. The molecule has 25 heavy (non-hydrogen) atoms. The second-order valence-corrected chi connectivity index (χ2v) is 6.44. The number of hydrogen-bond acceptors (Lipinski definition) is 5. The molecule has 0 saturated carbocycles. The van der Waals surface area contributed by atoms with Crippen molar-refractivity contribution in [2.75, 3.05) is 0 Å². The Morgan fingerprint density at radius 1 is 1.12 bits per heavy atom. The van der Waals surface area contributed by atoms with E-state index in [4.69, 9.17) is 16.6 Å². The zero-order valence-corrected chi connectivity index (χ0v) is 13.1. The molecule has 0 aromatic heterocycles. The van der Waals surface area contributed by atoms with Crippen molar-refractivity contribution in [3.05, 3.63) is 58.9 Å². The predicted octanol–water partition coefficient (Wildman–Crippen LogP) is 3.77. The van der Waals surface area contributed by atoms with Crippen LogP contribution in [0.15, 0.2) is 41.3 Å². The van der Waals surface area contributed by atoms with Gasteiger partial charge in [0.2, 0.25) is 9.84 Å². The lowest BCUT2D eigenvalue weighted by atomic mass is 10.1. The Hall–Kier alpha value is -3.48. The lowest BCUT2D eigenvalue weighted by molar-refractivity contribution is 0.234. The highest BCUT2D eigenvalue weighted by atomic mass is 32.2. The fourth-order valence-corrected chi connectivity index (χ4v) is 2.83. The van der Waals surface area contributed by atoms with E-state index in [-0.39, 0.29) is 17.2 Å². The van der Waals surface area contributed by atoms with Gasteiger partial charge in [-0.15, -0.1) is 0 Å². The van der Waals surface area contributed by atoms with Crippen LogP contribution in [-0.4, -0.2) is 14.2 Å². The first-order valence-corrected chi connectivity index (χ1v) is 8.04. The molecule has 0 aliphatic rings. The van der Waals surface area contributed by atoms with Crippen LogP contribution < -0.4 is 4.74 Å². The third-order valence-corrected chi connectivity index (χ3v) is 4.49. The standard InChI is InChI=1S/C16H7F2N3O3S/c1-21-10-3-2-4-11(7-10)24-14-5-6-15(25(22,23)16(17)18)13(9-20)12(14)8-19/h2-7,16H. The van der Waals surface area contributed by atoms with Gasteiger partial charge >= 0.3 is 5.76 Å². The monoisotopic (exact) mass is 359 g/mol. The number of nitriles is 2. The first-order valence-electron chi connectivity index (χ1n) is 6.49. The Morgan fingerprint density at radius 3 is 2.36 bits per heavy atom. The van der Waals surface area contributed by atoms with Crippen LogP contribution in [-0.2, 0) is 9.84 Å². The fourth-order valence-electron chi connectivity index (χ4n) is 1.95. The van der Waals surface area contributed by atoms with Crippen molar-refractivity contribution in [3.8, 4) is 23.6 Å². The molecular formula is C16H7F2N3O3S. The van der Waals surface area contributed by atoms with Crippen LogP contribution in [0.1, 0.15) is 11.1 Å². The molecule has 0 radical (unpaired) electrons. The SMILES string of the molecule is [C-]#[N+]c1cccc(Oc2ccc(S(=O)(=O)C(F)F)c(C#N)c2C#N)c1. The smallest absolute Gasteiger partial charge is 0.341 e. The summed E-state index contributed by atoms with van der Waals surface area (Å²) in [6, 6.07) is 10.7. The van der Waals surface area contributed by atoms with Gasteiger partial charge < -0.3 is 4.74 Å². The maximum Gasteiger partial charge on any atom is 0.341 e. The quantitative estimate of drug-likeness (QED) is 0.774. The van der Waals surface area contributed by atoms with Crippen LogP contribution in [0.25, 0.3) is 4.85 Å². The molecule has 124 valence electrons. The molecule has 0 aliphatic heterocycles. The Kier molecular flexibility index (Phi) is 4.97. The van der Waals surface area contributed by atoms with Crippen molar-refractivity contribution in [3.63, 3.8) is 0 Å². The molecule has 2 rings (SSSR count). The summed E-state index contributed by atoms with van der Waals surface area (Å²) in [6.07, 6.45) is 0. The van der Waals surface area contributed by atoms with Gasteiger partial charge in [0.05, 0.1) is 17.0 Å². The summed E-state index contributed by atoms with van der Waals surface area (Å²) in [4.78, 5) is 2.26. The van der Waals surface area contributed by atoms with E-state index < -0.39 is 31.6 Å². The van der Waals surface area contributed by atoms with Crippen LogP contribution >= 0.6 is 0 Å². The minimum absolute atomic E-state index is 0.165. The maximum atomic E-state index is 12.7. The summed E-state index contributed by atoms with van der Waals surface area (Å²) in [5.41, 5.74) is -0.951. The van der Waals surface area contributed by atoms with Crippen LogP contribution in [0.5, 0.6) is 11.5 Å². The van der Waals surface area contributed by atoms with Crippen LogP contribution in [0, 0.1) is 29.2 Å². The lowest BCUT2D eigenvalue weighted by Gasteiger charge is -2.12. The van der Waals surface area contributed by atoms with E-state index in [9.17, 15) is 22.5 Å². The average Bonchev–Trinajstić information content (AvgIpc) is 2.60. The first-order chi connectivity index (χ1) is 11.8. The molecule has 0 unspecified atom stereocenters. The van der Waals surface area contributed by atoms with E-state index in [0.717, 1.165) is 12.1 Å². The molecule has 6 nitrogen and oxygen atoms in total. The summed E-state index contributed by atoms with van der Waals surface area (Å²) in [5.74, 6) is -3.75. The molecule has 0 amide bonds. The van der Waals surface area contributed by atoms with Gasteiger partial charge in [0.25, 0.3) is 0 Å². The number of halogens is 2. The predicted molar refractivity (Wildman–Crippen MR) is 81.8 cm³/mol. The second-order valence-electron chi connectivity index (χ2n) is 4.55. The molecule has 0 atom stereocenters. The number of alkyl halides is 2. The van der Waals surface area contributed by atoms with Gasteiger partial charge in [0.15, 0.2) is 5.69 Å². The van der Waals surface area contributed by atoms with Crippen molar-refractivity contribution in [2.45, 2.75) is 10.7 Å². The normalized spacial score (nSPS) is 10.6. The number of nitrogens with zero attached hydrogens (tertiary/aromatic N) is 3. The number of benzene rings is 2. The van der Waals surface area contributed by atoms with E-state index in [2.05, 4.69) is 4.85 Å². The highest BCUT2D eigenvalue weighted by molar-refractivity contribution is 7.91. The first kappa shape index (κ1) is 17.9. The molecule has 0 spiro atoms. The third-order valence-electron chi connectivity index (χ3n) is 3.07. The summed E-state index contributed by atoms with van der Waals surface area (Å²) in [7, 11) is -5.05. The highest BCUT2D eigenvalue weighted by Gasteiger charge is 2.31. The van der Waals surface area contributed by atoms with Gasteiger partial charge in [-0.05, 0) is 24.3 Å². The number of rotatable bonds is 4. The minimum Gasteiger partial charge on any atom is -0.457 e. The number of sulfone groups is 1. The van der Waals surface area contributed by atoms with E-state index in [1.54, 1.807) is 6.07 Å². The van der Waals surface area contributed by atoms with Gasteiger partial charge in [0.1, 0.15) is 29.2 Å². The topological polar surface area (TPSA) is 95.3 Å². The average molecular weight is 359 g/mol. The summed E-state index contributed by atoms with van der Waals surface area (Å²) in [6.45, 7) is 6.94. The molecule has 0 fully saturated rings. The van der Waals surface area contributed by atoms with E-state index in [1.165, 1.54) is 30.3 Å². The molecule has 2 aromatic rings. The van der Waals surface area contributed by atoms with Crippen molar-refractivity contribution in [2.24, 2.45) is 0 Å². The highest BCUT2D eigenvalue weighted by Crippen LogP contribution is 2.33. The Balaban J connectivity index is 2.61. The van der Waals surface area contributed by atoms with Gasteiger partial charge in [-0.1, -0.05) is 12.1 Å². The summed E-state index contributed by atoms with van der Waals surface area (Å²) >= 11 is 0. The minimum atomic E-state index is -5.05. The van der Waals surface area contributed by atoms with Crippen molar-refractivity contribution < 1.29 is 21.9 Å². The molecule has 2 aromatic carbocycles. The molecule has 0 aliphatic carbocycles. The Labute approximate surface area is 141 Å². The van der Waals surface area contributed by atoms with E-state index >= 15 is 0 Å². The zero-order valence-electron chi connectivity index (χ0n) is 12.3. The molecule has 9 heteroatoms. The van der Waals surface area contributed by atoms with Gasteiger partial charge in [0, 0.05) is 0 Å². The summed E-state index contributed by atoms with van der Waals surface area (Å²) < 4.78 is 54.2. The molecule has 0 heterocycles. The Morgan fingerprint density at radius 2 is 1.80 bits per heavy atom. The largest absolute Gasteiger partial charge is 0.457 e. The molecule has 0 bridgehead atoms.